The lowest BCUT2D eigenvalue weighted by Crippen LogP contribution is -2.36. The molecule has 6 heteroatoms. The molecule has 0 atom stereocenters. The molecule has 106 valence electrons. The van der Waals surface area contributed by atoms with Crippen LogP contribution in [0.2, 0.25) is 0 Å². The highest BCUT2D eigenvalue weighted by Crippen LogP contribution is 2.08. The molecule has 0 saturated carbocycles. The van der Waals surface area contributed by atoms with Gasteiger partial charge >= 0.3 is 0 Å². The quantitative estimate of drug-likeness (QED) is 0.861. The molecular weight excluding hydrogens is 260 g/mol. The van der Waals surface area contributed by atoms with Crippen LogP contribution in [0.3, 0.4) is 0 Å². The number of nitrogens with zero attached hydrogens (tertiary/aromatic N) is 1. The molecule has 0 aromatic carbocycles. The van der Waals surface area contributed by atoms with Crippen molar-refractivity contribution in [3.8, 4) is 0 Å². The molecule has 0 saturated heterocycles. The van der Waals surface area contributed by atoms with E-state index in [1.807, 2.05) is 0 Å². The molecule has 0 aliphatic heterocycles. The predicted octanol–water partition coefficient (Wildman–Crippen LogP) is 1.26. The predicted molar refractivity (Wildman–Crippen MR) is 72.4 cm³/mol. The van der Waals surface area contributed by atoms with Crippen molar-refractivity contribution in [1.82, 2.24) is 9.88 Å². The topological polar surface area (TPSA) is 75.5 Å². The third kappa shape index (κ3) is 3.36. The van der Waals surface area contributed by atoms with Crippen LogP contribution in [0.15, 0.2) is 45.9 Å². The molecule has 0 unspecified atom stereocenters. The Bertz CT molecular complexity index is 604. The summed E-state index contributed by atoms with van der Waals surface area (Å²) in [5.74, 6) is 0.308. The second-order valence-electron chi connectivity index (χ2n) is 4.21. The number of carbonyl (C=O) groups excluding carboxylic acids is 1. The SMILES string of the molecule is COCCN(Cc1ccco1)C(=O)c1ccc[nH]c1=O. The molecule has 2 heterocycles. The lowest BCUT2D eigenvalue weighted by Gasteiger charge is -2.20. The van der Waals surface area contributed by atoms with Gasteiger partial charge in [-0.2, -0.15) is 0 Å². The summed E-state index contributed by atoms with van der Waals surface area (Å²) in [7, 11) is 1.56. The van der Waals surface area contributed by atoms with Gasteiger partial charge in [0.15, 0.2) is 0 Å². The second kappa shape index (κ2) is 6.72. The van der Waals surface area contributed by atoms with Gasteiger partial charge in [-0.1, -0.05) is 0 Å². The zero-order chi connectivity index (χ0) is 14.4. The van der Waals surface area contributed by atoms with Crippen LogP contribution in [0, 0.1) is 0 Å². The summed E-state index contributed by atoms with van der Waals surface area (Å²) in [6.45, 7) is 1.06. The number of rotatable bonds is 6. The molecule has 2 aromatic heterocycles. The summed E-state index contributed by atoms with van der Waals surface area (Å²) < 4.78 is 10.2. The van der Waals surface area contributed by atoms with Gasteiger partial charge in [-0.3, -0.25) is 9.59 Å². The lowest BCUT2D eigenvalue weighted by atomic mass is 10.2. The summed E-state index contributed by atoms with van der Waals surface area (Å²) in [5, 5.41) is 0. The second-order valence-corrected chi connectivity index (χ2v) is 4.21. The van der Waals surface area contributed by atoms with Crippen LogP contribution in [0.5, 0.6) is 0 Å². The van der Waals surface area contributed by atoms with Crippen molar-refractivity contribution in [1.29, 1.82) is 0 Å². The molecule has 0 spiro atoms. The van der Waals surface area contributed by atoms with Crippen molar-refractivity contribution in [2.24, 2.45) is 0 Å². The number of pyridine rings is 1. The maximum atomic E-state index is 12.4. The van der Waals surface area contributed by atoms with Crippen LogP contribution in [0.4, 0.5) is 0 Å². The Labute approximate surface area is 116 Å². The number of hydrogen-bond acceptors (Lipinski definition) is 4. The number of methoxy groups -OCH3 is 1. The van der Waals surface area contributed by atoms with Gasteiger partial charge in [-0.25, -0.2) is 0 Å². The summed E-state index contributed by atoms with van der Waals surface area (Å²) in [4.78, 5) is 28.1. The standard InChI is InChI=1S/C14H16N2O4/c1-19-9-7-16(10-11-4-3-8-20-11)14(18)12-5-2-6-15-13(12)17/h2-6,8H,7,9-10H2,1H3,(H,15,17). The van der Waals surface area contributed by atoms with Gasteiger partial charge in [-0.05, 0) is 24.3 Å². The Morgan fingerprint density at radius 2 is 2.25 bits per heavy atom. The van der Waals surface area contributed by atoms with E-state index in [0.29, 0.717) is 25.5 Å². The highest BCUT2D eigenvalue weighted by molar-refractivity contribution is 5.93. The summed E-state index contributed by atoms with van der Waals surface area (Å²) in [5.41, 5.74) is -0.297. The monoisotopic (exact) mass is 276 g/mol. The van der Waals surface area contributed by atoms with E-state index in [1.54, 1.807) is 31.6 Å². The molecule has 2 rings (SSSR count). The molecule has 0 fully saturated rings. The summed E-state index contributed by atoms with van der Waals surface area (Å²) in [6.07, 6.45) is 3.04. The third-order valence-electron chi connectivity index (χ3n) is 2.83. The molecule has 1 N–H and O–H groups in total. The molecule has 0 radical (unpaired) electrons. The van der Waals surface area contributed by atoms with Crippen molar-refractivity contribution in [3.05, 3.63) is 58.4 Å². The van der Waals surface area contributed by atoms with E-state index in [-0.39, 0.29) is 11.5 Å². The minimum atomic E-state index is -0.403. The molecule has 0 bridgehead atoms. The van der Waals surface area contributed by atoms with Gasteiger partial charge in [-0.15, -0.1) is 0 Å². The van der Waals surface area contributed by atoms with Crippen molar-refractivity contribution < 1.29 is 13.9 Å². The largest absolute Gasteiger partial charge is 0.467 e. The number of furan rings is 1. The lowest BCUT2D eigenvalue weighted by molar-refractivity contribution is 0.0664. The highest BCUT2D eigenvalue weighted by atomic mass is 16.5. The normalized spacial score (nSPS) is 10.4. The highest BCUT2D eigenvalue weighted by Gasteiger charge is 2.19. The van der Waals surface area contributed by atoms with Gasteiger partial charge in [0.1, 0.15) is 11.3 Å². The Balaban J connectivity index is 2.19. The van der Waals surface area contributed by atoms with Crippen LogP contribution >= 0.6 is 0 Å². The number of hydrogen-bond donors (Lipinski definition) is 1. The molecule has 1 amide bonds. The van der Waals surface area contributed by atoms with Gasteiger partial charge in [0.2, 0.25) is 0 Å². The maximum Gasteiger partial charge on any atom is 0.260 e. The first-order valence-electron chi connectivity index (χ1n) is 6.20. The van der Waals surface area contributed by atoms with Crippen molar-refractivity contribution >= 4 is 5.91 Å². The zero-order valence-electron chi connectivity index (χ0n) is 11.2. The van der Waals surface area contributed by atoms with Crippen LogP contribution < -0.4 is 5.56 Å². The van der Waals surface area contributed by atoms with E-state index in [1.165, 1.54) is 17.2 Å². The maximum absolute atomic E-state index is 12.4. The Kier molecular flexibility index (Phi) is 4.73. The number of carbonyl (C=O) groups is 1. The van der Waals surface area contributed by atoms with E-state index in [4.69, 9.17) is 9.15 Å². The summed E-state index contributed by atoms with van der Waals surface area (Å²) in [6, 6.07) is 6.66. The number of aromatic amines is 1. The molecule has 0 aliphatic rings. The molecule has 6 nitrogen and oxygen atoms in total. The Morgan fingerprint density at radius 1 is 1.40 bits per heavy atom. The minimum absolute atomic E-state index is 0.107. The molecular formula is C14H16N2O4. The van der Waals surface area contributed by atoms with Crippen LogP contribution in [-0.4, -0.2) is 36.1 Å². The number of nitrogens with one attached hydrogen (secondary N) is 1. The number of aromatic nitrogens is 1. The zero-order valence-corrected chi connectivity index (χ0v) is 11.2. The van der Waals surface area contributed by atoms with E-state index in [0.717, 1.165) is 0 Å². The van der Waals surface area contributed by atoms with Gasteiger partial charge in [0.05, 0.1) is 19.4 Å². The number of H-pyrrole nitrogens is 1. The minimum Gasteiger partial charge on any atom is -0.467 e. The van der Waals surface area contributed by atoms with Gasteiger partial charge in [0, 0.05) is 19.9 Å². The molecule has 20 heavy (non-hydrogen) atoms. The Hall–Kier alpha value is -2.34. The van der Waals surface area contributed by atoms with Gasteiger partial charge < -0.3 is 19.0 Å². The fraction of sp³-hybridized carbons (Fsp3) is 0.286. The van der Waals surface area contributed by atoms with E-state index >= 15 is 0 Å². The van der Waals surface area contributed by atoms with E-state index in [9.17, 15) is 9.59 Å². The third-order valence-corrected chi connectivity index (χ3v) is 2.83. The average molecular weight is 276 g/mol. The summed E-state index contributed by atoms with van der Waals surface area (Å²) >= 11 is 0. The fourth-order valence-electron chi connectivity index (χ4n) is 1.80. The van der Waals surface area contributed by atoms with Gasteiger partial charge in [0.25, 0.3) is 11.5 Å². The number of ether oxygens (including phenoxy) is 1. The van der Waals surface area contributed by atoms with Crippen molar-refractivity contribution in [2.75, 3.05) is 20.3 Å². The van der Waals surface area contributed by atoms with Crippen LogP contribution in [0.1, 0.15) is 16.1 Å². The molecule has 2 aromatic rings. The Morgan fingerprint density at radius 3 is 2.90 bits per heavy atom. The van der Waals surface area contributed by atoms with Crippen molar-refractivity contribution in [2.45, 2.75) is 6.54 Å². The number of amides is 1. The first-order valence-corrected chi connectivity index (χ1v) is 6.20. The van der Waals surface area contributed by atoms with Crippen LogP contribution in [0.25, 0.3) is 0 Å². The van der Waals surface area contributed by atoms with E-state index < -0.39 is 5.56 Å². The average Bonchev–Trinajstić information content (AvgIpc) is 2.96. The smallest absolute Gasteiger partial charge is 0.260 e. The fourth-order valence-corrected chi connectivity index (χ4v) is 1.80. The first kappa shape index (κ1) is 14.1. The first-order chi connectivity index (χ1) is 9.72. The van der Waals surface area contributed by atoms with Crippen LogP contribution in [-0.2, 0) is 11.3 Å². The molecule has 0 aliphatic carbocycles. The van der Waals surface area contributed by atoms with Crippen molar-refractivity contribution in [3.63, 3.8) is 0 Å². The van der Waals surface area contributed by atoms with E-state index in [2.05, 4.69) is 4.98 Å².